The number of benzene rings is 2. The van der Waals surface area contributed by atoms with E-state index in [4.69, 9.17) is 14.8 Å². The van der Waals surface area contributed by atoms with Crippen molar-refractivity contribution in [3.63, 3.8) is 0 Å². The number of ether oxygens (including phenoxy) is 1. The lowest BCUT2D eigenvalue weighted by atomic mass is 9.80. The van der Waals surface area contributed by atoms with Crippen LogP contribution in [-0.2, 0) is 6.61 Å². The quantitative estimate of drug-likeness (QED) is 0.817. The maximum absolute atomic E-state index is 13.5. The van der Waals surface area contributed by atoms with Gasteiger partial charge in [0.15, 0.2) is 0 Å². The third kappa shape index (κ3) is 3.33. The first kappa shape index (κ1) is 13.6. The van der Waals surface area contributed by atoms with Crippen LogP contribution in [0.4, 0.5) is 4.39 Å². The molecule has 19 heavy (non-hydrogen) atoms. The minimum atomic E-state index is -1.81. The second-order valence-electron chi connectivity index (χ2n) is 4.27. The first-order chi connectivity index (χ1) is 9.08. The van der Waals surface area contributed by atoms with Gasteiger partial charge in [-0.25, -0.2) is 4.39 Å². The first-order valence-electron chi connectivity index (χ1n) is 5.91. The molecule has 98 valence electrons. The van der Waals surface area contributed by atoms with Crippen LogP contribution in [0.1, 0.15) is 11.1 Å². The molecule has 0 saturated heterocycles. The van der Waals surface area contributed by atoms with Crippen molar-refractivity contribution >= 4 is 12.6 Å². The molecule has 2 aromatic carbocycles. The van der Waals surface area contributed by atoms with E-state index in [0.29, 0.717) is 12.4 Å². The van der Waals surface area contributed by atoms with E-state index >= 15 is 0 Å². The first-order valence-corrected chi connectivity index (χ1v) is 5.91. The summed E-state index contributed by atoms with van der Waals surface area (Å²) in [4.78, 5) is 0. The Morgan fingerprint density at radius 1 is 1.16 bits per heavy atom. The zero-order chi connectivity index (χ0) is 13.8. The van der Waals surface area contributed by atoms with Crippen molar-refractivity contribution in [3.05, 3.63) is 59.4 Å². The molecule has 3 nitrogen and oxygen atoms in total. The van der Waals surface area contributed by atoms with Crippen molar-refractivity contribution in [1.29, 1.82) is 0 Å². The summed E-state index contributed by atoms with van der Waals surface area (Å²) >= 11 is 0. The lowest BCUT2D eigenvalue weighted by molar-refractivity contribution is 0.304. The van der Waals surface area contributed by atoms with Crippen LogP contribution >= 0.6 is 0 Å². The molecule has 2 N–H and O–H groups in total. The van der Waals surface area contributed by atoms with E-state index in [-0.39, 0.29) is 5.46 Å². The molecule has 5 heteroatoms. The molecule has 0 fully saturated rings. The van der Waals surface area contributed by atoms with Gasteiger partial charge in [-0.05, 0) is 24.1 Å². The summed E-state index contributed by atoms with van der Waals surface area (Å²) in [6.45, 7) is 2.32. The van der Waals surface area contributed by atoms with E-state index < -0.39 is 12.9 Å². The third-order valence-corrected chi connectivity index (χ3v) is 2.91. The Morgan fingerprint density at radius 3 is 2.53 bits per heavy atom. The third-order valence-electron chi connectivity index (χ3n) is 2.91. The lowest BCUT2D eigenvalue weighted by Crippen LogP contribution is -2.32. The highest BCUT2D eigenvalue weighted by Crippen LogP contribution is 2.15. The van der Waals surface area contributed by atoms with E-state index in [1.807, 2.05) is 31.2 Å². The number of hydrogen-bond acceptors (Lipinski definition) is 3. The Hall–Kier alpha value is -1.85. The summed E-state index contributed by atoms with van der Waals surface area (Å²) in [6.07, 6.45) is 0. The number of halogens is 1. The second kappa shape index (κ2) is 5.86. The fourth-order valence-corrected chi connectivity index (χ4v) is 1.74. The van der Waals surface area contributed by atoms with Gasteiger partial charge in [0.05, 0.1) is 0 Å². The van der Waals surface area contributed by atoms with Crippen molar-refractivity contribution in [2.45, 2.75) is 13.5 Å². The Kier molecular flexibility index (Phi) is 4.19. The summed E-state index contributed by atoms with van der Waals surface area (Å²) in [6, 6.07) is 11.7. The molecular weight excluding hydrogens is 246 g/mol. The summed E-state index contributed by atoms with van der Waals surface area (Å²) in [5, 5.41) is 17.8. The van der Waals surface area contributed by atoms with Crippen molar-refractivity contribution in [3.8, 4) is 5.75 Å². The normalized spacial score (nSPS) is 10.3. The Labute approximate surface area is 111 Å². The summed E-state index contributed by atoms with van der Waals surface area (Å²) < 4.78 is 19.0. The highest BCUT2D eigenvalue weighted by atomic mass is 19.1. The average Bonchev–Trinajstić information content (AvgIpc) is 2.37. The van der Waals surface area contributed by atoms with E-state index in [1.54, 1.807) is 0 Å². The van der Waals surface area contributed by atoms with Crippen molar-refractivity contribution < 1.29 is 19.2 Å². The van der Waals surface area contributed by atoms with Gasteiger partial charge in [0.1, 0.15) is 18.2 Å². The maximum atomic E-state index is 13.5. The molecule has 0 bridgehead atoms. The standard InChI is InChI=1S/C14H14BFO3/c1-10-4-2-3-5-11(10)9-19-12-6-7-13(15(17)18)14(16)8-12/h2-8,17-18H,9H2,1H3. The van der Waals surface area contributed by atoms with Crippen LogP contribution in [0.15, 0.2) is 42.5 Å². The van der Waals surface area contributed by atoms with E-state index in [2.05, 4.69) is 0 Å². The molecule has 0 aliphatic rings. The van der Waals surface area contributed by atoms with Gasteiger partial charge in [-0.2, -0.15) is 0 Å². The van der Waals surface area contributed by atoms with E-state index in [1.165, 1.54) is 12.1 Å². The minimum absolute atomic E-state index is 0.164. The average molecular weight is 260 g/mol. The van der Waals surface area contributed by atoms with Gasteiger partial charge >= 0.3 is 7.12 Å². The molecule has 0 aliphatic carbocycles. The van der Waals surface area contributed by atoms with Gasteiger partial charge in [0.25, 0.3) is 0 Å². The van der Waals surface area contributed by atoms with Gasteiger partial charge in [0, 0.05) is 11.5 Å². The molecule has 0 unspecified atom stereocenters. The van der Waals surface area contributed by atoms with E-state index in [9.17, 15) is 4.39 Å². The lowest BCUT2D eigenvalue weighted by Gasteiger charge is -2.10. The molecule has 0 heterocycles. The molecule has 0 atom stereocenters. The molecule has 0 radical (unpaired) electrons. The number of rotatable bonds is 4. The van der Waals surface area contributed by atoms with Gasteiger partial charge in [-0.15, -0.1) is 0 Å². The Balaban J connectivity index is 2.08. The molecule has 2 rings (SSSR count). The molecule has 2 aromatic rings. The van der Waals surface area contributed by atoms with Crippen LogP contribution < -0.4 is 10.2 Å². The Bertz CT molecular complexity index is 572. The maximum Gasteiger partial charge on any atom is 0.491 e. The van der Waals surface area contributed by atoms with Crippen LogP contribution in [0.5, 0.6) is 5.75 Å². The monoisotopic (exact) mass is 260 g/mol. The van der Waals surface area contributed by atoms with Crippen molar-refractivity contribution in [1.82, 2.24) is 0 Å². The molecule has 0 aliphatic heterocycles. The zero-order valence-electron chi connectivity index (χ0n) is 10.5. The smallest absolute Gasteiger partial charge is 0.489 e. The van der Waals surface area contributed by atoms with Crippen LogP contribution in [0.3, 0.4) is 0 Å². The molecule has 0 aromatic heterocycles. The van der Waals surface area contributed by atoms with Gasteiger partial charge < -0.3 is 14.8 Å². The summed E-state index contributed by atoms with van der Waals surface area (Å²) in [5.74, 6) is -0.345. The molecule has 0 spiro atoms. The van der Waals surface area contributed by atoms with Crippen molar-refractivity contribution in [2.24, 2.45) is 0 Å². The zero-order valence-corrected chi connectivity index (χ0v) is 10.5. The summed E-state index contributed by atoms with van der Waals surface area (Å²) in [5.41, 5.74) is 1.96. The fraction of sp³-hybridized carbons (Fsp3) is 0.143. The van der Waals surface area contributed by atoms with Gasteiger partial charge in [0.2, 0.25) is 0 Å². The van der Waals surface area contributed by atoms with E-state index in [0.717, 1.165) is 17.2 Å². The predicted octanol–water partition coefficient (Wildman–Crippen LogP) is 1.39. The van der Waals surface area contributed by atoms with Crippen LogP contribution in [-0.4, -0.2) is 17.2 Å². The molecule has 0 amide bonds. The highest BCUT2D eigenvalue weighted by Gasteiger charge is 2.16. The number of aryl methyl sites for hydroxylation is 1. The largest absolute Gasteiger partial charge is 0.491 e. The van der Waals surface area contributed by atoms with Gasteiger partial charge in [-0.1, -0.05) is 30.3 Å². The van der Waals surface area contributed by atoms with Gasteiger partial charge in [-0.3, -0.25) is 0 Å². The highest BCUT2D eigenvalue weighted by molar-refractivity contribution is 6.58. The van der Waals surface area contributed by atoms with Crippen molar-refractivity contribution in [2.75, 3.05) is 0 Å². The van der Waals surface area contributed by atoms with Crippen LogP contribution in [0.2, 0.25) is 0 Å². The number of hydrogen-bond donors (Lipinski definition) is 2. The molecular formula is C14H14BFO3. The van der Waals surface area contributed by atoms with Crippen LogP contribution in [0.25, 0.3) is 0 Å². The fourth-order valence-electron chi connectivity index (χ4n) is 1.74. The topological polar surface area (TPSA) is 49.7 Å². The summed E-state index contributed by atoms with van der Waals surface area (Å²) in [7, 11) is -1.81. The second-order valence-corrected chi connectivity index (χ2v) is 4.27. The molecule has 0 saturated carbocycles. The van der Waals surface area contributed by atoms with Crippen LogP contribution in [0, 0.1) is 12.7 Å². The minimum Gasteiger partial charge on any atom is -0.489 e. The predicted molar refractivity (Wildman–Crippen MR) is 71.7 cm³/mol. The Morgan fingerprint density at radius 2 is 1.89 bits per heavy atom. The SMILES string of the molecule is Cc1ccccc1COc1ccc(B(O)O)c(F)c1.